The van der Waals surface area contributed by atoms with Gasteiger partial charge in [0.15, 0.2) is 0 Å². The van der Waals surface area contributed by atoms with Crippen LogP contribution >= 0.6 is 0 Å². The number of ether oxygens (including phenoxy) is 4. The smallest absolute Gasteiger partial charge is 0.465 e. The van der Waals surface area contributed by atoms with Crippen LogP contribution in [-0.4, -0.2) is 66.4 Å². The maximum Gasteiger partial charge on any atom is 0.533 e. The Morgan fingerprint density at radius 1 is 0.769 bits per heavy atom. The zero-order chi connectivity index (χ0) is 28.6. The van der Waals surface area contributed by atoms with Gasteiger partial charge < -0.3 is 18.9 Å². The van der Waals surface area contributed by atoms with Crippen LogP contribution in [0.4, 0.5) is 4.79 Å². The van der Waals surface area contributed by atoms with Crippen LogP contribution < -0.4 is 0 Å². The van der Waals surface area contributed by atoms with Crippen molar-refractivity contribution >= 4 is 35.9 Å². The van der Waals surface area contributed by atoms with E-state index in [-0.39, 0.29) is 22.8 Å². The van der Waals surface area contributed by atoms with Gasteiger partial charge in [-0.3, -0.25) is 19.2 Å². The predicted molar refractivity (Wildman–Crippen MR) is 131 cm³/mol. The first kappa shape index (κ1) is 28.8. The Kier molecular flexibility index (Phi) is 9.37. The Labute approximate surface area is 223 Å². The van der Waals surface area contributed by atoms with Crippen molar-refractivity contribution in [3.05, 3.63) is 71.8 Å². The highest BCUT2D eigenvalue weighted by molar-refractivity contribution is 6.09. The summed E-state index contributed by atoms with van der Waals surface area (Å²) < 4.78 is 20.4. The van der Waals surface area contributed by atoms with Gasteiger partial charge in [0.1, 0.15) is 6.61 Å². The van der Waals surface area contributed by atoms with Crippen LogP contribution in [0, 0.1) is 5.41 Å². The first-order chi connectivity index (χ1) is 18.5. The Morgan fingerprint density at radius 2 is 1.23 bits per heavy atom. The van der Waals surface area contributed by atoms with Crippen LogP contribution in [-0.2, 0) is 38.2 Å². The van der Waals surface area contributed by atoms with Gasteiger partial charge in [0.05, 0.1) is 23.1 Å². The van der Waals surface area contributed by atoms with E-state index in [0.29, 0.717) is 6.42 Å². The van der Waals surface area contributed by atoms with Gasteiger partial charge in [0, 0.05) is 0 Å². The third-order valence-electron chi connectivity index (χ3n) is 5.36. The van der Waals surface area contributed by atoms with E-state index in [9.17, 15) is 28.8 Å². The van der Waals surface area contributed by atoms with Crippen molar-refractivity contribution in [2.45, 2.75) is 39.4 Å². The molecule has 12 nitrogen and oxygen atoms in total. The molecule has 2 amide bonds. The van der Waals surface area contributed by atoms with Crippen LogP contribution in [0.3, 0.4) is 0 Å². The van der Waals surface area contributed by atoms with Crippen molar-refractivity contribution in [2.75, 3.05) is 13.2 Å². The van der Waals surface area contributed by atoms with Gasteiger partial charge in [-0.05, 0) is 44.5 Å². The Hall–Kier alpha value is -4.74. The molecule has 2 atom stereocenters. The van der Waals surface area contributed by atoms with Crippen LogP contribution in [0.2, 0.25) is 0 Å². The zero-order valence-electron chi connectivity index (χ0n) is 21.5. The maximum absolute atomic E-state index is 13.0. The molecule has 2 aromatic rings. The standard InChI is InChI=1S/C27H27NO11/c1-4-15-35-25(33)27(2,3)16-36-26(34)39-28-21(29)19(37-23(31)17-11-7-5-8-12-17)20(22(28)30)38-24(32)18-13-9-6-10-14-18/h5-14,19-20H,4,15-16H2,1-3H3/t19-,20-/m1/s1. The van der Waals surface area contributed by atoms with Crippen molar-refractivity contribution in [2.24, 2.45) is 5.41 Å². The van der Waals surface area contributed by atoms with Crippen LogP contribution in [0.1, 0.15) is 47.9 Å². The number of carbonyl (C=O) groups excluding carboxylic acids is 6. The number of hydrogen-bond donors (Lipinski definition) is 0. The fourth-order valence-corrected chi connectivity index (χ4v) is 3.22. The molecule has 12 heteroatoms. The van der Waals surface area contributed by atoms with Crippen molar-refractivity contribution in [3.8, 4) is 0 Å². The van der Waals surface area contributed by atoms with Gasteiger partial charge in [-0.15, -0.1) is 0 Å². The Balaban J connectivity index is 1.75. The van der Waals surface area contributed by atoms with E-state index in [1.807, 2.05) is 6.92 Å². The lowest BCUT2D eigenvalue weighted by Gasteiger charge is -2.22. The monoisotopic (exact) mass is 541 g/mol. The third-order valence-corrected chi connectivity index (χ3v) is 5.36. The summed E-state index contributed by atoms with van der Waals surface area (Å²) in [6, 6.07) is 15.1. The van der Waals surface area contributed by atoms with Gasteiger partial charge in [-0.25, -0.2) is 14.4 Å². The zero-order valence-corrected chi connectivity index (χ0v) is 21.5. The highest BCUT2D eigenvalue weighted by atomic mass is 16.8. The second-order valence-corrected chi connectivity index (χ2v) is 9.00. The average Bonchev–Trinajstić information content (AvgIpc) is 3.15. The summed E-state index contributed by atoms with van der Waals surface area (Å²) in [6.07, 6.45) is -4.82. The average molecular weight is 542 g/mol. The topological polar surface area (TPSA) is 152 Å². The van der Waals surface area contributed by atoms with E-state index in [1.54, 1.807) is 36.4 Å². The predicted octanol–water partition coefficient (Wildman–Crippen LogP) is 2.85. The molecule has 39 heavy (non-hydrogen) atoms. The van der Waals surface area contributed by atoms with Gasteiger partial charge >= 0.3 is 35.9 Å². The summed E-state index contributed by atoms with van der Waals surface area (Å²) in [4.78, 5) is 80.5. The lowest BCUT2D eigenvalue weighted by atomic mass is 9.95. The molecular formula is C27H27NO11. The van der Waals surface area contributed by atoms with Crippen molar-refractivity contribution in [3.63, 3.8) is 0 Å². The molecule has 0 aliphatic carbocycles. The SMILES string of the molecule is CCCOC(=O)C(C)(C)COC(=O)ON1C(=O)[C@H](OC(=O)c2ccccc2)[C@@H](OC(=O)c2ccccc2)C1=O. The molecule has 0 radical (unpaired) electrons. The molecule has 1 aliphatic rings. The molecule has 1 fully saturated rings. The van der Waals surface area contributed by atoms with Crippen LogP contribution in [0.15, 0.2) is 60.7 Å². The highest BCUT2D eigenvalue weighted by Crippen LogP contribution is 2.24. The summed E-state index contributed by atoms with van der Waals surface area (Å²) >= 11 is 0. The summed E-state index contributed by atoms with van der Waals surface area (Å²) in [7, 11) is 0. The molecule has 0 N–H and O–H groups in total. The second kappa shape index (κ2) is 12.7. The number of imide groups is 1. The minimum absolute atomic E-state index is 0.00336. The number of hydroxylamine groups is 2. The normalized spacial score (nSPS) is 16.8. The highest BCUT2D eigenvalue weighted by Gasteiger charge is 2.55. The summed E-state index contributed by atoms with van der Waals surface area (Å²) in [5, 5.41) is -0.00336. The fourth-order valence-electron chi connectivity index (χ4n) is 3.22. The summed E-state index contributed by atoms with van der Waals surface area (Å²) in [5.74, 6) is -5.17. The molecule has 206 valence electrons. The van der Waals surface area contributed by atoms with Gasteiger partial charge in [-0.1, -0.05) is 48.4 Å². The number of hydrogen-bond acceptors (Lipinski definition) is 11. The van der Waals surface area contributed by atoms with Gasteiger partial charge in [-0.2, -0.15) is 0 Å². The molecule has 1 heterocycles. The molecule has 0 spiro atoms. The van der Waals surface area contributed by atoms with Gasteiger partial charge in [0.2, 0.25) is 12.2 Å². The van der Waals surface area contributed by atoms with Gasteiger partial charge in [0.25, 0.3) is 0 Å². The fraction of sp³-hybridized carbons (Fsp3) is 0.333. The van der Waals surface area contributed by atoms with Crippen molar-refractivity contribution in [1.82, 2.24) is 5.06 Å². The summed E-state index contributed by atoms with van der Waals surface area (Å²) in [6.45, 7) is 4.41. The van der Waals surface area contributed by atoms with Crippen molar-refractivity contribution < 1.29 is 52.6 Å². The molecule has 1 aliphatic heterocycles. The first-order valence-electron chi connectivity index (χ1n) is 12.0. The lowest BCUT2D eigenvalue weighted by Crippen LogP contribution is -2.38. The number of amides is 2. The lowest BCUT2D eigenvalue weighted by molar-refractivity contribution is -0.182. The van der Waals surface area contributed by atoms with Crippen LogP contribution in [0.5, 0.6) is 0 Å². The second-order valence-electron chi connectivity index (χ2n) is 9.00. The Morgan fingerprint density at radius 3 is 1.67 bits per heavy atom. The molecule has 1 saturated heterocycles. The molecule has 2 aromatic carbocycles. The van der Waals surface area contributed by atoms with E-state index < -0.39 is 60.1 Å². The number of nitrogens with zero attached hydrogens (tertiary/aromatic N) is 1. The first-order valence-corrected chi connectivity index (χ1v) is 12.0. The summed E-state index contributed by atoms with van der Waals surface area (Å²) in [5.41, 5.74) is -1.14. The van der Waals surface area contributed by atoms with Crippen molar-refractivity contribution in [1.29, 1.82) is 0 Å². The number of carbonyl (C=O) groups is 6. The van der Waals surface area contributed by atoms with E-state index in [2.05, 4.69) is 0 Å². The minimum atomic E-state index is -1.95. The molecule has 0 unspecified atom stereocenters. The molecule has 0 saturated carbocycles. The van der Waals surface area contributed by atoms with E-state index in [4.69, 9.17) is 23.8 Å². The van der Waals surface area contributed by atoms with E-state index in [0.717, 1.165) is 0 Å². The molecule has 0 bridgehead atoms. The molecular weight excluding hydrogens is 514 g/mol. The maximum atomic E-state index is 13.0. The van der Waals surface area contributed by atoms with E-state index >= 15 is 0 Å². The Bertz CT molecular complexity index is 1160. The molecule has 0 aromatic heterocycles. The number of esters is 3. The number of benzene rings is 2. The molecule has 3 rings (SSSR count). The minimum Gasteiger partial charge on any atom is -0.465 e. The quantitative estimate of drug-likeness (QED) is 0.248. The number of rotatable bonds is 10. The van der Waals surface area contributed by atoms with Crippen LogP contribution in [0.25, 0.3) is 0 Å². The van der Waals surface area contributed by atoms with E-state index in [1.165, 1.54) is 38.1 Å². The largest absolute Gasteiger partial charge is 0.533 e. The third kappa shape index (κ3) is 7.18.